The van der Waals surface area contributed by atoms with Crippen molar-refractivity contribution in [2.45, 2.75) is 0 Å². The highest BCUT2D eigenvalue weighted by molar-refractivity contribution is 9.10. The molecule has 0 aliphatic carbocycles. The predicted octanol–water partition coefficient (Wildman–Crippen LogP) is 2.42. The molecule has 3 rings (SSSR count). The third-order valence-electron chi connectivity index (χ3n) is 3.63. The van der Waals surface area contributed by atoms with E-state index in [4.69, 9.17) is 11.6 Å². The van der Waals surface area contributed by atoms with Crippen LogP contribution in [-0.2, 0) is 7.05 Å². The first kappa shape index (κ1) is 18.1. The highest BCUT2D eigenvalue weighted by atomic mass is 79.9. The smallest absolute Gasteiger partial charge is 0.267 e. The Hall–Kier alpha value is -2.71. The monoisotopic (exact) mass is 434 g/mol. The molecular formula is C17H12BrClN4O3. The van der Waals surface area contributed by atoms with E-state index in [0.29, 0.717) is 15.2 Å². The number of hydrogen-bond donors (Lipinski definition) is 2. The Kier molecular flexibility index (Phi) is 5.06. The van der Waals surface area contributed by atoms with Gasteiger partial charge in [-0.1, -0.05) is 45.7 Å². The summed E-state index contributed by atoms with van der Waals surface area (Å²) in [6, 6.07) is 11.4. The third kappa shape index (κ3) is 3.47. The van der Waals surface area contributed by atoms with E-state index in [2.05, 4.69) is 31.9 Å². The molecule has 26 heavy (non-hydrogen) atoms. The van der Waals surface area contributed by atoms with Gasteiger partial charge in [0, 0.05) is 16.9 Å². The Labute approximate surface area is 161 Å². The summed E-state index contributed by atoms with van der Waals surface area (Å²) in [6.07, 6.45) is 0. The molecule has 2 N–H and O–H groups in total. The molecule has 0 bridgehead atoms. The fourth-order valence-electron chi connectivity index (χ4n) is 2.38. The molecule has 1 heterocycles. The maximum absolute atomic E-state index is 12.5. The Morgan fingerprint density at radius 1 is 1.08 bits per heavy atom. The van der Waals surface area contributed by atoms with Gasteiger partial charge in [0.2, 0.25) is 0 Å². The lowest BCUT2D eigenvalue weighted by Crippen LogP contribution is -2.42. The molecule has 2 aromatic carbocycles. The van der Waals surface area contributed by atoms with Crippen LogP contribution in [0.4, 0.5) is 0 Å². The number of aryl methyl sites for hydroxylation is 1. The van der Waals surface area contributed by atoms with Crippen LogP contribution in [-0.4, -0.2) is 21.6 Å². The lowest BCUT2D eigenvalue weighted by molar-refractivity contribution is 0.0844. The van der Waals surface area contributed by atoms with E-state index in [1.807, 2.05) is 0 Å². The van der Waals surface area contributed by atoms with Gasteiger partial charge in [-0.05, 0) is 24.3 Å². The number of nitrogens with one attached hydrogen (secondary N) is 2. The number of rotatable bonds is 2. The molecule has 0 saturated heterocycles. The van der Waals surface area contributed by atoms with Crippen molar-refractivity contribution in [3.63, 3.8) is 0 Å². The number of hydrogen-bond acceptors (Lipinski definition) is 4. The zero-order chi connectivity index (χ0) is 18.8. The summed E-state index contributed by atoms with van der Waals surface area (Å²) in [4.78, 5) is 36.8. The first-order valence-corrected chi connectivity index (χ1v) is 8.57. The molecule has 0 fully saturated rings. The maximum atomic E-state index is 12.5. The van der Waals surface area contributed by atoms with Crippen LogP contribution in [0.1, 0.15) is 20.8 Å². The fraction of sp³-hybridized carbons (Fsp3) is 0.0588. The molecule has 7 nitrogen and oxygen atoms in total. The van der Waals surface area contributed by atoms with Crippen LogP contribution >= 0.6 is 27.5 Å². The summed E-state index contributed by atoms with van der Waals surface area (Å²) < 4.78 is 1.74. The van der Waals surface area contributed by atoms with Gasteiger partial charge in [-0.3, -0.25) is 25.2 Å². The lowest BCUT2D eigenvalue weighted by atomic mass is 10.1. The number of halogens is 2. The molecule has 0 unspecified atom stereocenters. The summed E-state index contributed by atoms with van der Waals surface area (Å²) in [5, 5.41) is 4.98. The van der Waals surface area contributed by atoms with Crippen LogP contribution in [0.25, 0.3) is 10.8 Å². The topological polar surface area (TPSA) is 93.1 Å². The summed E-state index contributed by atoms with van der Waals surface area (Å²) in [5.41, 5.74) is 4.48. The average Bonchev–Trinajstić information content (AvgIpc) is 2.64. The summed E-state index contributed by atoms with van der Waals surface area (Å²) >= 11 is 9.25. The van der Waals surface area contributed by atoms with E-state index in [9.17, 15) is 14.4 Å². The standard InChI is InChI=1S/C17H12BrClN4O3/c1-23-17(26)11-5-3-2-4-10(11)14(22-23)16(25)21-20-15(24)12-8-9(18)6-7-13(12)19/h2-8H,1H3,(H,20,24)(H,21,25). The third-order valence-corrected chi connectivity index (χ3v) is 4.46. The number of amides is 2. The van der Waals surface area contributed by atoms with Gasteiger partial charge in [-0.25, -0.2) is 4.68 Å². The second kappa shape index (κ2) is 7.27. The quantitative estimate of drug-likeness (QED) is 0.605. The van der Waals surface area contributed by atoms with Crippen molar-refractivity contribution in [2.75, 3.05) is 0 Å². The van der Waals surface area contributed by atoms with Gasteiger partial charge in [0.05, 0.1) is 16.0 Å². The van der Waals surface area contributed by atoms with E-state index in [0.717, 1.165) is 4.68 Å². The van der Waals surface area contributed by atoms with E-state index in [1.54, 1.807) is 36.4 Å². The summed E-state index contributed by atoms with van der Waals surface area (Å²) in [5.74, 6) is -1.24. The van der Waals surface area contributed by atoms with Gasteiger partial charge in [0.15, 0.2) is 5.69 Å². The van der Waals surface area contributed by atoms with Gasteiger partial charge in [-0.2, -0.15) is 5.10 Å². The first-order valence-electron chi connectivity index (χ1n) is 7.40. The minimum atomic E-state index is -0.656. The number of hydrazine groups is 1. The second-order valence-corrected chi connectivity index (χ2v) is 6.68. The van der Waals surface area contributed by atoms with Crippen molar-refractivity contribution in [3.05, 3.63) is 73.6 Å². The summed E-state index contributed by atoms with van der Waals surface area (Å²) in [6.45, 7) is 0. The van der Waals surface area contributed by atoms with Crippen molar-refractivity contribution < 1.29 is 9.59 Å². The van der Waals surface area contributed by atoms with Crippen molar-refractivity contribution in [2.24, 2.45) is 7.05 Å². The van der Waals surface area contributed by atoms with Crippen LogP contribution < -0.4 is 16.4 Å². The second-order valence-electron chi connectivity index (χ2n) is 5.36. The number of carbonyl (C=O) groups is 2. The molecule has 9 heteroatoms. The molecule has 0 spiro atoms. The Balaban J connectivity index is 1.86. The van der Waals surface area contributed by atoms with Crippen molar-refractivity contribution in [3.8, 4) is 0 Å². The molecule has 0 radical (unpaired) electrons. The first-order chi connectivity index (χ1) is 12.4. The molecule has 1 aromatic heterocycles. The van der Waals surface area contributed by atoms with Gasteiger partial charge in [0.1, 0.15) is 0 Å². The zero-order valence-electron chi connectivity index (χ0n) is 13.4. The van der Waals surface area contributed by atoms with Crippen molar-refractivity contribution in [1.82, 2.24) is 20.6 Å². The molecule has 0 aliphatic rings. The Bertz CT molecular complexity index is 1100. The average molecular weight is 436 g/mol. The number of benzene rings is 2. The molecule has 132 valence electrons. The lowest BCUT2D eigenvalue weighted by Gasteiger charge is -2.10. The molecule has 0 atom stereocenters. The molecule has 3 aromatic rings. The number of aromatic nitrogens is 2. The highest BCUT2D eigenvalue weighted by Crippen LogP contribution is 2.20. The van der Waals surface area contributed by atoms with Crippen LogP contribution in [0.5, 0.6) is 0 Å². The minimum absolute atomic E-state index is 0.0170. The van der Waals surface area contributed by atoms with E-state index in [-0.39, 0.29) is 21.8 Å². The van der Waals surface area contributed by atoms with Gasteiger partial charge >= 0.3 is 0 Å². The van der Waals surface area contributed by atoms with Gasteiger partial charge in [-0.15, -0.1) is 0 Å². The van der Waals surface area contributed by atoms with Crippen LogP contribution in [0.15, 0.2) is 51.7 Å². The molecule has 0 aliphatic heterocycles. The predicted molar refractivity (Wildman–Crippen MR) is 101 cm³/mol. The molecule has 0 saturated carbocycles. The number of carbonyl (C=O) groups excluding carboxylic acids is 2. The number of nitrogens with zero attached hydrogens (tertiary/aromatic N) is 2. The van der Waals surface area contributed by atoms with E-state index < -0.39 is 11.8 Å². The van der Waals surface area contributed by atoms with Gasteiger partial charge in [0.25, 0.3) is 17.4 Å². The maximum Gasteiger partial charge on any atom is 0.290 e. The molecular weight excluding hydrogens is 424 g/mol. The van der Waals surface area contributed by atoms with Crippen molar-refractivity contribution in [1.29, 1.82) is 0 Å². The zero-order valence-corrected chi connectivity index (χ0v) is 15.8. The summed E-state index contributed by atoms with van der Waals surface area (Å²) in [7, 11) is 1.45. The normalized spacial score (nSPS) is 10.6. The minimum Gasteiger partial charge on any atom is -0.267 e. The highest BCUT2D eigenvalue weighted by Gasteiger charge is 2.17. The van der Waals surface area contributed by atoms with Gasteiger partial charge < -0.3 is 0 Å². The Morgan fingerprint density at radius 2 is 1.73 bits per heavy atom. The Morgan fingerprint density at radius 3 is 2.46 bits per heavy atom. The molecule has 2 amide bonds. The largest absolute Gasteiger partial charge is 0.290 e. The van der Waals surface area contributed by atoms with Crippen LogP contribution in [0.2, 0.25) is 5.02 Å². The fourth-order valence-corrected chi connectivity index (χ4v) is 2.94. The van der Waals surface area contributed by atoms with Crippen LogP contribution in [0, 0.1) is 0 Å². The van der Waals surface area contributed by atoms with Crippen LogP contribution in [0.3, 0.4) is 0 Å². The van der Waals surface area contributed by atoms with E-state index in [1.165, 1.54) is 13.1 Å². The SMILES string of the molecule is Cn1nc(C(=O)NNC(=O)c2cc(Br)ccc2Cl)c2ccccc2c1=O. The van der Waals surface area contributed by atoms with E-state index >= 15 is 0 Å². The number of fused-ring (bicyclic) bond motifs is 1. The van der Waals surface area contributed by atoms with Crippen molar-refractivity contribution >= 4 is 50.1 Å².